The Morgan fingerprint density at radius 2 is 1.20 bits per heavy atom. The zero-order chi connectivity index (χ0) is 18.7. The number of fused-ring (bicyclic) bond motifs is 1. The largest absolute Gasteiger partial charge is 0.423 e. The summed E-state index contributed by atoms with van der Waals surface area (Å²) in [4.78, 5) is 12.1. The summed E-state index contributed by atoms with van der Waals surface area (Å²) >= 11 is 0. The maximum atomic E-state index is 12.1. The Morgan fingerprint density at radius 1 is 0.720 bits per heavy atom. The summed E-state index contributed by atoms with van der Waals surface area (Å²) < 4.78 is 5.88. The standard InChI is InChI=1S/C21H34O2Si2/c1-7-24(8-2,9-3)18-15-13-17-14-16-19(22)23-20(17)21(18)25(10-4,11-5)12-6/h13-16H,7-12H2,1-6H3. The fourth-order valence-corrected chi connectivity index (χ4v) is 13.9. The average molecular weight is 375 g/mol. The first-order valence-corrected chi connectivity index (χ1v) is 15.3. The van der Waals surface area contributed by atoms with Crippen LogP contribution in [0.25, 0.3) is 11.0 Å². The second-order valence-electron chi connectivity index (χ2n) is 7.34. The molecule has 0 aliphatic rings. The van der Waals surface area contributed by atoms with Crippen LogP contribution in [0.2, 0.25) is 36.3 Å². The Kier molecular flexibility index (Phi) is 6.49. The van der Waals surface area contributed by atoms with Gasteiger partial charge < -0.3 is 4.42 Å². The van der Waals surface area contributed by atoms with E-state index in [1.54, 1.807) is 11.3 Å². The SMILES string of the molecule is CC[Si](CC)(CC)c1ccc2ccc(=O)oc2c1[Si](CC)(CC)CC. The molecule has 1 aromatic carbocycles. The topological polar surface area (TPSA) is 30.2 Å². The van der Waals surface area contributed by atoms with Gasteiger partial charge in [-0.05, 0) is 11.3 Å². The summed E-state index contributed by atoms with van der Waals surface area (Å²) in [7, 11) is -3.24. The van der Waals surface area contributed by atoms with Crippen molar-refractivity contribution in [2.75, 3.05) is 0 Å². The minimum absolute atomic E-state index is 0.214. The molecule has 0 aliphatic heterocycles. The van der Waals surface area contributed by atoms with E-state index in [4.69, 9.17) is 4.42 Å². The first kappa shape index (κ1) is 20.2. The summed E-state index contributed by atoms with van der Waals surface area (Å²) in [5, 5.41) is 4.18. The third-order valence-electron chi connectivity index (χ3n) is 6.95. The molecule has 0 radical (unpaired) electrons. The van der Waals surface area contributed by atoms with Crippen LogP contribution in [0.5, 0.6) is 0 Å². The molecular formula is C21H34O2Si2. The van der Waals surface area contributed by atoms with Crippen LogP contribution in [0, 0.1) is 0 Å². The average Bonchev–Trinajstić information content (AvgIpc) is 2.66. The van der Waals surface area contributed by atoms with Gasteiger partial charge in [-0.3, -0.25) is 0 Å². The van der Waals surface area contributed by atoms with Crippen LogP contribution in [-0.2, 0) is 0 Å². The summed E-state index contributed by atoms with van der Waals surface area (Å²) in [6.07, 6.45) is 0. The molecular weight excluding hydrogens is 340 g/mol. The number of hydrogen-bond donors (Lipinski definition) is 0. The van der Waals surface area contributed by atoms with Gasteiger partial charge in [-0.25, -0.2) is 4.79 Å². The van der Waals surface area contributed by atoms with E-state index >= 15 is 0 Å². The molecule has 0 amide bonds. The van der Waals surface area contributed by atoms with Gasteiger partial charge >= 0.3 is 5.63 Å². The van der Waals surface area contributed by atoms with E-state index in [1.807, 2.05) is 6.07 Å². The van der Waals surface area contributed by atoms with Crippen molar-refractivity contribution < 1.29 is 4.42 Å². The molecule has 2 nitrogen and oxygen atoms in total. The van der Waals surface area contributed by atoms with Crippen molar-refractivity contribution in [3.8, 4) is 0 Å². The summed E-state index contributed by atoms with van der Waals surface area (Å²) in [5.74, 6) is 0. The first-order valence-electron chi connectivity index (χ1n) is 10.0. The van der Waals surface area contributed by atoms with E-state index in [1.165, 1.54) is 41.5 Å². The van der Waals surface area contributed by atoms with Crippen molar-refractivity contribution in [1.29, 1.82) is 0 Å². The molecule has 25 heavy (non-hydrogen) atoms. The molecule has 0 saturated heterocycles. The normalized spacial score (nSPS) is 12.7. The Morgan fingerprint density at radius 3 is 1.68 bits per heavy atom. The maximum Gasteiger partial charge on any atom is 0.336 e. The van der Waals surface area contributed by atoms with E-state index in [2.05, 4.69) is 53.7 Å². The van der Waals surface area contributed by atoms with Crippen LogP contribution < -0.4 is 16.0 Å². The van der Waals surface area contributed by atoms with Gasteiger partial charge in [0.25, 0.3) is 0 Å². The van der Waals surface area contributed by atoms with Gasteiger partial charge in [0.15, 0.2) is 0 Å². The van der Waals surface area contributed by atoms with Crippen LogP contribution in [0.1, 0.15) is 41.5 Å². The number of rotatable bonds is 8. The lowest BCUT2D eigenvalue weighted by atomic mass is 10.2. The molecule has 0 unspecified atom stereocenters. The second-order valence-corrected chi connectivity index (χ2v) is 17.7. The summed E-state index contributed by atoms with van der Waals surface area (Å²) in [5.41, 5.74) is 0.698. The van der Waals surface area contributed by atoms with Crippen molar-refractivity contribution in [3.63, 3.8) is 0 Å². The van der Waals surface area contributed by atoms with Gasteiger partial charge in [-0.1, -0.05) is 95.1 Å². The minimum atomic E-state index is -1.68. The number of benzene rings is 1. The van der Waals surface area contributed by atoms with Crippen LogP contribution in [0.15, 0.2) is 33.5 Å². The molecule has 138 valence electrons. The van der Waals surface area contributed by atoms with Gasteiger partial charge in [0.2, 0.25) is 0 Å². The quantitative estimate of drug-likeness (QED) is 0.468. The zero-order valence-electron chi connectivity index (χ0n) is 16.9. The Hall–Kier alpha value is -1.14. The molecule has 1 heterocycles. The third kappa shape index (κ3) is 3.31. The van der Waals surface area contributed by atoms with E-state index in [9.17, 15) is 4.79 Å². The van der Waals surface area contributed by atoms with Crippen LogP contribution in [0.3, 0.4) is 0 Å². The van der Waals surface area contributed by atoms with Crippen molar-refractivity contribution in [1.82, 2.24) is 0 Å². The molecule has 0 bridgehead atoms. The fraction of sp³-hybridized carbons (Fsp3) is 0.571. The van der Waals surface area contributed by atoms with E-state index in [0.29, 0.717) is 0 Å². The minimum Gasteiger partial charge on any atom is -0.423 e. The molecule has 2 rings (SSSR count). The smallest absolute Gasteiger partial charge is 0.336 e. The molecule has 0 spiro atoms. The predicted octanol–water partition coefficient (Wildman–Crippen LogP) is 5.22. The lowest BCUT2D eigenvalue weighted by Crippen LogP contribution is -2.62. The van der Waals surface area contributed by atoms with Crippen LogP contribution >= 0.6 is 0 Å². The molecule has 2 aromatic rings. The Labute approximate surface area is 154 Å². The maximum absolute atomic E-state index is 12.1. The van der Waals surface area contributed by atoms with Crippen molar-refractivity contribution in [2.24, 2.45) is 0 Å². The summed E-state index contributed by atoms with van der Waals surface area (Å²) in [6.45, 7) is 14.1. The Balaban J connectivity index is 3.01. The van der Waals surface area contributed by atoms with Crippen molar-refractivity contribution in [2.45, 2.75) is 77.8 Å². The van der Waals surface area contributed by atoms with E-state index in [0.717, 1.165) is 11.0 Å². The monoisotopic (exact) mass is 374 g/mol. The van der Waals surface area contributed by atoms with Crippen molar-refractivity contribution in [3.05, 3.63) is 34.7 Å². The van der Waals surface area contributed by atoms with Crippen LogP contribution in [0.4, 0.5) is 0 Å². The van der Waals surface area contributed by atoms with Crippen molar-refractivity contribution >= 4 is 37.5 Å². The first-order chi connectivity index (χ1) is 12.0. The number of hydrogen-bond acceptors (Lipinski definition) is 2. The molecule has 0 saturated carbocycles. The molecule has 0 N–H and O–H groups in total. The molecule has 1 aromatic heterocycles. The van der Waals surface area contributed by atoms with Gasteiger partial charge in [-0.15, -0.1) is 0 Å². The van der Waals surface area contributed by atoms with Gasteiger partial charge in [-0.2, -0.15) is 0 Å². The zero-order valence-corrected chi connectivity index (χ0v) is 18.9. The molecule has 0 atom stereocenters. The lowest BCUT2D eigenvalue weighted by molar-refractivity contribution is 0.563. The highest BCUT2D eigenvalue weighted by molar-refractivity contribution is 7.02. The van der Waals surface area contributed by atoms with Crippen LogP contribution in [-0.4, -0.2) is 16.1 Å². The van der Waals surface area contributed by atoms with Gasteiger partial charge in [0.1, 0.15) is 5.58 Å². The van der Waals surface area contributed by atoms with Gasteiger partial charge in [0, 0.05) is 11.5 Å². The van der Waals surface area contributed by atoms with E-state index < -0.39 is 16.1 Å². The molecule has 0 fully saturated rings. The van der Waals surface area contributed by atoms with E-state index in [-0.39, 0.29) is 5.63 Å². The highest BCUT2D eigenvalue weighted by Crippen LogP contribution is 2.28. The predicted molar refractivity (Wildman–Crippen MR) is 116 cm³/mol. The highest BCUT2D eigenvalue weighted by Gasteiger charge is 2.40. The lowest BCUT2D eigenvalue weighted by Gasteiger charge is -2.38. The third-order valence-corrected chi connectivity index (χ3v) is 18.4. The second kappa shape index (κ2) is 8.04. The Bertz CT molecular complexity index is 755. The summed E-state index contributed by atoms with van der Waals surface area (Å²) in [6, 6.07) is 15.5. The molecule has 0 aliphatic carbocycles. The highest BCUT2D eigenvalue weighted by atomic mass is 28.3. The van der Waals surface area contributed by atoms with Gasteiger partial charge in [0.05, 0.1) is 16.1 Å². The molecule has 4 heteroatoms. The fourth-order valence-electron chi connectivity index (χ4n) is 4.70.